The van der Waals surface area contributed by atoms with Crippen molar-refractivity contribution in [2.75, 3.05) is 20.8 Å². The maximum absolute atomic E-state index is 11.8. The molecule has 0 spiro atoms. The van der Waals surface area contributed by atoms with E-state index in [1.54, 1.807) is 38.3 Å². The van der Waals surface area contributed by atoms with Gasteiger partial charge in [-0.15, -0.1) is 0 Å². The van der Waals surface area contributed by atoms with Crippen molar-refractivity contribution in [3.8, 4) is 17.2 Å². The molecule has 0 saturated carbocycles. The van der Waals surface area contributed by atoms with Crippen molar-refractivity contribution in [1.29, 1.82) is 0 Å². The van der Waals surface area contributed by atoms with Gasteiger partial charge in [0.1, 0.15) is 11.5 Å². The third kappa shape index (κ3) is 5.43. The number of methoxy groups -OCH3 is 2. The molecule has 0 heterocycles. The zero-order valence-corrected chi connectivity index (χ0v) is 15.1. The van der Waals surface area contributed by atoms with Crippen LogP contribution in [-0.4, -0.2) is 37.9 Å². The lowest BCUT2D eigenvalue weighted by Crippen LogP contribution is -2.24. The van der Waals surface area contributed by atoms with Crippen LogP contribution in [-0.2, 0) is 4.79 Å². The third-order valence-electron chi connectivity index (χ3n) is 3.50. The van der Waals surface area contributed by atoms with Crippen LogP contribution in [0.3, 0.4) is 0 Å². The molecule has 0 aliphatic rings. The molecule has 0 aromatic heterocycles. The normalized spacial score (nSPS) is 10.5. The number of nitrogens with one attached hydrogen (secondary N) is 1. The zero-order chi connectivity index (χ0) is 19.8. The van der Waals surface area contributed by atoms with Crippen molar-refractivity contribution in [3.05, 3.63) is 57.6 Å². The number of aryl methyl sites for hydroxylation is 1. The molecule has 9 heteroatoms. The average Bonchev–Trinajstić information content (AvgIpc) is 2.67. The second kappa shape index (κ2) is 9.18. The van der Waals surface area contributed by atoms with Crippen LogP contribution in [0.2, 0.25) is 0 Å². The predicted molar refractivity (Wildman–Crippen MR) is 98.6 cm³/mol. The maximum Gasteiger partial charge on any atom is 0.311 e. The summed E-state index contributed by atoms with van der Waals surface area (Å²) in [6.07, 6.45) is 1.41. The number of ether oxygens (including phenoxy) is 3. The summed E-state index contributed by atoms with van der Waals surface area (Å²) < 4.78 is 15.6. The molecule has 0 fully saturated rings. The van der Waals surface area contributed by atoms with E-state index in [9.17, 15) is 14.9 Å². The minimum absolute atomic E-state index is 0.0153. The molecule has 1 amide bonds. The minimum Gasteiger partial charge on any atom is -0.497 e. The smallest absolute Gasteiger partial charge is 0.311 e. The number of nitro groups is 1. The monoisotopic (exact) mass is 373 g/mol. The quantitative estimate of drug-likeness (QED) is 0.432. The van der Waals surface area contributed by atoms with Gasteiger partial charge in [-0.05, 0) is 30.7 Å². The van der Waals surface area contributed by atoms with E-state index in [2.05, 4.69) is 10.5 Å². The van der Waals surface area contributed by atoms with E-state index >= 15 is 0 Å². The predicted octanol–water partition coefficient (Wildman–Crippen LogP) is 2.45. The Morgan fingerprint density at radius 3 is 2.63 bits per heavy atom. The molecule has 27 heavy (non-hydrogen) atoms. The molecule has 0 aliphatic heterocycles. The minimum atomic E-state index is -0.561. The molecule has 0 atom stereocenters. The highest BCUT2D eigenvalue weighted by Gasteiger charge is 2.16. The highest BCUT2D eigenvalue weighted by Crippen LogP contribution is 2.27. The lowest BCUT2D eigenvalue weighted by Gasteiger charge is -2.07. The molecule has 9 nitrogen and oxygen atoms in total. The Labute approximate surface area is 155 Å². The number of carbonyl (C=O) groups is 1. The van der Waals surface area contributed by atoms with E-state index in [1.807, 2.05) is 0 Å². The Hall–Kier alpha value is -3.62. The zero-order valence-electron chi connectivity index (χ0n) is 15.1. The second-order valence-corrected chi connectivity index (χ2v) is 5.42. The summed E-state index contributed by atoms with van der Waals surface area (Å²) >= 11 is 0. The van der Waals surface area contributed by atoms with Crippen molar-refractivity contribution < 1.29 is 23.9 Å². The number of hydrazone groups is 1. The fourth-order valence-corrected chi connectivity index (χ4v) is 2.17. The molecule has 0 bridgehead atoms. The Kier molecular flexibility index (Phi) is 6.70. The van der Waals surface area contributed by atoms with Crippen LogP contribution in [0.1, 0.15) is 11.1 Å². The van der Waals surface area contributed by atoms with Gasteiger partial charge in [0.2, 0.25) is 0 Å². The number of rotatable bonds is 8. The number of hydrogen-bond donors (Lipinski definition) is 1. The molecular weight excluding hydrogens is 354 g/mol. The van der Waals surface area contributed by atoms with Gasteiger partial charge >= 0.3 is 5.69 Å². The Balaban J connectivity index is 1.95. The topological polar surface area (TPSA) is 112 Å². The second-order valence-electron chi connectivity index (χ2n) is 5.42. The number of benzene rings is 2. The van der Waals surface area contributed by atoms with Gasteiger partial charge < -0.3 is 14.2 Å². The molecule has 0 unspecified atom stereocenters. The molecule has 1 N–H and O–H groups in total. The summed E-state index contributed by atoms with van der Waals surface area (Å²) in [5.74, 6) is 0.607. The standard InChI is InChI=1S/C18H19N3O6/c1-12-4-7-16(15(8-12)21(23)24)27-11-18(22)20-19-10-13-5-6-14(25-2)9-17(13)26-3/h4-10H,11H2,1-3H3,(H,20,22). The van der Waals surface area contributed by atoms with Crippen LogP contribution in [0.4, 0.5) is 5.69 Å². The van der Waals surface area contributed by atoms with E-state index in [-0.39, 0.29) is 11.4 Å². The van der Waals surface area contributed by atoms with Crippen LogP contribution in [0, 0.1) is 17.0 Å². The molecule has 0 radical (unpaired) electrons. The molecule has 2 aromatic carbocycles. The fourth-order valence-electron chi connectivity index (χ4n) is 2.17. The Morgan fingerprint density at radius 1 is 1.19 bits per heavy atom. The maximum atomic E-state index is 11.8. The summed E-state index contributed by atoms with van der Waals surface area (Å²) in [7, 11) is 3.05. The summed E-state index contributed by atoms with van der Waals surface area (Å²) in [4.78, 5) is 22.3. The lowest BCUT2D eigenvalue weighted by atomic mass is 10.2. The molecule has 142 valence electrons. The first kappa shape index (κ1) is 19.7. The summed E-state index contributed by atoms with van der Waals surface area (Å²) in [6, 6.07) is 9.62. The van der Waals surface area contributed by atoms with Crippen LogP contribution in [0.25, 0.3) is 0 Å². The van der Waals surface area contributed by atoms with Crippen molar-refractivity contribution >= 4 is 17.8 Å². The van der Waals surface area contributed by atoms with Crippen molar-refractivity contribution in [3.63, 3.8) is 0 Å². The number of nitro benzene ring substituents is 1. The van der Waals surface area contributed by atoms with E-state index in [1.165, 1.54) is 25.5 Å². The van der Waals surface area contributed by atoms with E-state index in [0.717, 1.165) is 5.56 Å². The molecule has 2 aromatic rings. The van der Waals surface area contributed by atoms with Crippen molar-refractivity contribution in [2.45, 2.75) is 6.92 Å². The summed E-state index contributed by atoms with van der Waals surface area (Å²) in [6.45, 7) is 1.31. The first-order chi connectivity index (χ1) is 12.9. The fraction of sp³-hybridized carbons (Fsp3) is 0.222. The first-order valence-corrected chi connectivity index (χ1v) is 7.86. The number of carbonyl (C=O) groups excluding carboxylic acids is 1. The molecule has 2 rings (SSSR count). The van der Waals surface area contributed by atoms with Gasteiger partial charge in [0, 0.05) is 17.7 Å². The Morgan fingerprint density at radius 2 is 1.96 bits per heavy atom. The van der Waals surface area contributed by atoms with Crippen LogP contribution >= 0.6 is 0 Å². The average molecular weight is 373 g/mol. The van der Waals surface area contributed by atoms with Crippen LogP contribution in [0.5, 0.6) is 17.2 Å². The lowest BCUT2D eigenvalue weighted by molar-refractivity contribution is -0.385. The summed E-state index contributed by atoms with van der Waals surface area (Å²) in [5, 5.41) is 14.9. The summed E-state index contributed by atoms with van der Waals surface area (Å²) in [5.41, 5.74) is 3.44. The van der Waals surface area contributed by atoms with Crippen molar-refractivity contribution in [2.24, 2.45) is 5.10 Å². The Bertz CT molecular complexity index is 866. The van der Waals surface area contributed by atoms with Gasteiger partial charge in [-0.2, -0.15) is 5.10 Å². The molecule has 0 saturated heterocycles. The number of hydrogen-bond acceptors (Lipinski definition) is 7. The highest BCUT2D eigenvalue weighted by atomic mass is 16.6. The van der Waals surface area contributed by atoms with Gasteiger partial charge in [0.25, 0.3) is 5.91 Å². The van der Waals surface area contributed by atoms with Gasteiger partial charge in [-0.25, -0.2) is 5.43 Å². The largest absolute Gasteiger partial charge is 0.497 e. The number of nitrogens with zero attached hydrogens (tertiary/aromatic N) is 2. The van der Waals surface area contributed by atoms with Crippen LogP contribution < -0.4 is 19.6 Å². The van der Waals surface area contributed by atoms with E-state index in [4.69, 9.17) is 14.2 Å². The molecular formula is C18H19N3O6. The van der Waals surface area contributed by atoms with E-state index in [0.29, 0.717) is 17.1 Å². The molecule has 0 aliphatic carbocycles. The van der Waals surface area contributed by atoms with Gasteiger partial charge in [0.15, 0.2) is 12.4 Å². The highest BCUT2D eigenvalue weighted by molar-refractivity contribution is 5.85. The van der Waals surface area contributed by atoms with Gasteiger partial charge in [-0.3, -0.25) is 14.9 Å². The van der Waals surface area contributed by atoms with Gasteiger partial charge in [-0.1, -0.05) is 6.07 Å². The van der Waals surface area contributed by atoms with Gasteiger partial charge in [0.05, 0.1) is 25.4 Å². The first-order valence-electron chi connectivity index (χ1n) is 7.86. The van der Waals surface area contributed by atoms with Crippen LogP contribution in [0.15, 0.2) is 41.5 Å². The third-order valence-corrected chi connectivity index (χ3v) is 3.50. The van der Waals surface area contributed by atoms with Crippen molar-refractivity contribution in [1.82, 2.24) is 5.43 Å². The SMILES string of the molecule is COc1ccc(C=NNC(=O)COc2ccc(C)cc2[N+](=O)[O-])c(OC)c1. The van der Waals surface area contributed by atoms with E-state index < -0.39 is 17.4 Å². The number of amides is 1.